The molecule has 2 rings (SSSR count). The van der Waals surface area contributed by atoms with Crippen LogP contribution in [0.3, 0.4) is 0 Å². The van der Waals surface area contributed by atoms with Gasteiger partial charge in [0.25, 0.3) is 0 Å². The Balaban J connectivity index is 2.28. The summed E-state index contributed by atoms with van der Waals surface area (Å²) in [6.45, 7) is 1.52. The minimum absolute atomic E-state index is 0.725. The van der Waals surface area contributed by atoms with Crippen LogP contribution in [0, 0.1) is 0 Å². The number of thiophene rings is 1. The fourth-order valence-corrected chi connectivity index (χ4v) is 2.06. The zero-order valence-corrected chi connectivity index (χ0v) is 8.11. The Labute approximate surface area is 77.0 Å². The van der Waals surface area contributed by atoms with Gasteiger partial charge in [-0.25, -0.2) is 4.99 Å². The van der Waals surface area contributed by atoms with Crippen molar-refractivity contribution < 1.29 is 4.74 Å². The molecule has 0 saturated carbocycles. The molecule has 4 heteroatoms. The predicted octanol–water partition coefficient (Wildman–Crippen LogP) is 2.29. The summed E-state index contributed by atoms with van der Waals surface area (Å²) in [7, 11) is 0. The van der Waals surface area contributed by atoms with Crippen molar-refractivity contribution in [3.05, 3.63) is 20.8 Å². The SMILES string of the molecule is Brc1cc(C2=NCCO2)cs1. The van der Waals surface area contributed by atoms with Crippen molar-refractivity contribution in [2.24, 2.45) is 4.99 Å². The van der Waals surface area contributed by atoms with Gasteiger partial charge in [-0.2, -0.15) is 0 Å². The van der Waals surface area contributed by atoms with Crippen molar-refractivity contribution >= 4 is 33.2 Å². The minimum Gasteiger partial charge on any atom is -0.475 e. The van der Waals surface area contributed by atoms with Crippen LogP contribution >= 0.6 is 27.3 Å². The van der Waals surface area contributed by atoms with Gasteiger partial charge < -0.3 is 4.74 Å². The summed E-state index contributed by atoms with van der Waals surface area (Å²) in [4.78, 5) is 4.20. The molecular formula is C7H6BrNOS. The molecule has 11 heavy (non-hydrogen) atoms. The van der Waals surface area contributed by atoms with E-state index in [1.807, 2.05) is 11.4 Å². The first-order valence-corrected chi connectivity index (χ1v) is 4.95. The number of ether oxygens (including phenoxy) is 1. The molecule has 58 valence electrons. The maximum absolute atomic E-state index is 5.29. The number of hydrogen-bond donors (Lipinski definition) is 0. The normalized spacial score (nSPS) is 16.3. The Hall–Kier alpha value is -0.350. The van der Waals surface area contributed by atoms with Crippen molar-refractivity contribution in [2.45, 2.75) is 0 Å². The molecule has 0 bridgehead atoms. The molecule has 1 aromatic heterocycles. The number of hydrogen-bond acceptors (Lipinski definition) is 3. The molecule has 0 atom stereocenters. The predicted molar refractivity (Wildman–Crippen MR) is 49.4 cm³/mol. The van der Waals surface area contributed by atoms with E-state index in [1.54, 1.807) is 11.3 Å². The topological polar surface area (TPSA) is 21.6 Å². The Bertz CT molecular complexity index is 294. The van der Waals surface area contributed by atoms with Gasteiger partial charge in [-0.15, -0.1) is 11.3 Å². The Morgan fingerprint density at radius 1 is 1.64 bits per heavy atom. The first-order valence-electron chi connectivity index (χ1n) is 3.28. The summed E-state index contributed by atoms with van der Waals surface area (Å²) >= 11 is 5.03. The van der Waals surface area contributed by atoms with Gasteiger partial charge in [-0.3, -0.25) is 0 Å². The summed E-state index contributed by atoms with van der Waals surface area (Å²) in [6, 6.07) is 2.02. The Morgan fingerprint density at radius 2 is 2.55 bits per heavy atom. The van der Waals surface area contributed by atoms with E-state index in [1.165, 1.54) is 0 Å². The number of aliphatic imine (C=N–C) groups is 1. The van der Waals surface area contributed by atoms with Crippen molar-refractivity contribution in [3.63, 3.8) is 0 Å². The van der Waals surface area contributed by atoms with E-state index in [-0.39, 0.29) is 0 Å². The van der Waals surface area contributed by atoms with Crippen LogP contribution in [0.15, 0.2) is 20.2 Å². The molecule has 0 spiro atoms. The molecule has 0 aromatic carbocycles. The van der Waals surface area contributed by atoms with Crippen LogP contribution in [0.25, 0.3) is 0 Å². The monoisotopic (exact) mass is 231 g/mol. The maximum Gasteiger partial charge on any atom is 0.217 e. The molecule has 0 N–H and O–H groups in total. The molecule has 1 aliphatic heterocycles. The molecule has 0 amide bonds. The molecule has 1 aromatic rings. The summed E-state index contributed by atoms with van der Waals surface area (Å²) in [5.41, 5.74) is 1.08. The number of rotatable bonds is 1. The second-order valence-corrected chi connectivity index (χ2v) is 4.47. The summed E-state index contributed by atoms with van der Waals surface area (Å²) in [5.74, 6) is 0.784. The fourth-order valence-electron chi connectivity index (χ4n) is 0.932. The van der Waals surface area contributed by atoms with Gasteiger partial charge in [0, 0.05) is 10.9 Å². The third-order valence-corrected chi connectivity index (χ3v) is 2.90. The van der Waals surface area contributed by atoms with Gasteiger partial charge in [-0.1, -0.05) is 0 Å². The summed E-state index contributed by atoms with van der Waals surface area (Å²) in [6.07, 6.45) is 0. The van der Waals surface area contributed by atoms with Gasteiger partial charge >= 0.3 is 0 Å². The van der Waals surface area contributed by atoms with Crippen LogP contribution in [-0.2, 0) is 4.74 Å². The quantitative estimate of drug-likeness (QED) is 0.727. The van der Waals surface area contributed by atoms with Gasteiger partial charge in [0.05, 0.1) is 10.3 Å². The number of nitrogens with zero attached hydrogens (tertiary/aromatic N) is 1. The van der Waals surface area contributed by atoms with E-state index < -0.39 is 0 Å². The van der Waals surface area contributed by atoms with Crippen molar-refractivity contribution in [1.82, 2.24) is 0 Å². The zero-order chi connectivity index (χ0) is 7.68. The second-order valence-electron chi connectivity index (χ2n) is 2.17. The van der Waals surface area contributed by atoms with Crippen LogP contribution in [0.4, 0.5) is 0 Å². The fraction of sp³-hybridized carbons (Fsp3) is 0.286. The third kappa shape index (κ3) is 1.46. The summed E-state index contributed by atoms with van der Waals surface area (Å²) < 4.78 is 6.40. The first-order chi connectivity index (χ1) is 5.36. The lowest BCUT2D eigenvalue weighted by Gasteiger charge is -1.94. The van der Waals surface area contributed by atoms with Crippen LogP contribution in [0.2, 0.25) is 0 Å². The molecule has 1 aliphatic rings. The minimum atomic E-state index is 0.725. The third-order valence-electron chi connectivity index (χ3n) is 1.40. The van der Waals surface area contributed by atoms with Gasteiger partial charge in [0.15, 0.2) is 0 Å². The molecule has 0 unspecified atom stereocenters. The van der Waals surface area contributed by atoms with Crippen molar-refractivity contribution in [1.29, 1.82) is 0 Å². The van der Waals surface area contributed by atoms with E-state index in [0.717, 1.165) is 28.4 Å². The zero-order valence-electron chi connectivity index (χ0n) is 5.71. The average Bonchev–Trinajstić information content (AvgIpc) is 2.55. The highest BCUT2D eigenvalue weighted by atomic mass is 79.9. The molecule has 0 radical (unpaired) electrons. The van der Waals surface area contributed by atoms with E-state index in [4.69, 9.17) is 4.74 Å². The molecule has 2 heterocycles. The first kappa shape index (κ1) is 7.31. The highest BCUT2D eigenvalue weighted by molar-refractivity contribution is 9.11. The van der Waals surface area contributed by atoms with Crippen molar-refractivity contribution in [3.8, 4) is 0 Å². The highest BCUT2D eigenvalue weighted by Crippen LogP contribution is 2.22. The van der Waals surface area contributed by atoms with Crippen LogP contribution in [-0.4, -0.2) is 19.0 Å². The van der Waals surface area contributed by atoms with E-state index >= 15 is 0 Å². The largest absolute Gasteiger partial charge is 0.475 e. The van der Waals surface area contributed by atoms with E-state index in [9.17, 15) is 0 Å². The maximum atomic E-state index is 5.29. The Kier molecular flexibility index (Phi) is 1.96. The lowest BCUT2D eigenvalue weighted by Crippen LogP contribution is -1.98. The lowest BCUT2D eigenvalue weighted by molar-refractivity contribution is 0.348. The molecule has 2 nitrogen and oxygen atoms in total. The average molecular weight is 232 g/mol. The van der Waals surface area contributed by atoms with Crippen molar-refractivity contribution in [2.75, 3.05) is 13.2 Å². The van der Waals surface area contributed by atoms with Crippen LogP contribution in [0.1, 0.15) is 5.56 Å². The number of halogens is 1. The van der Waals surface area contributed by atoms with E-state index in [0.29, 0.717) is 0 Å². The van der Waals surface area contributed by atoms with Gasteiger partial charge in [-0.05, 0) is 22.0 Å². The second kappa shape index (κ2) is 2.95. The molecule has 0 aliphatic carbocycles. The van der Waals surface area contributed by atoms with Crippen LogP contribution in [0.5, 0.6) is 0 Å². The standard InChI is InChI=1S/C7H6BrNOS/c8-6-3-5(4-11-6)7-9-1-2-10-7/h3-4H,1-2H2. The smallest absolute Gasteiger partial charge is 0.217 e. The summed E-state index contributed by atoms with van der Waals surface area (Å²) in [5, 5.41) is 2.04. The molecule has 0 fully saturated rings. The molecular weight excluding hydrogens is 226 g/mol. The van der Waals surface area contributed by atoms with Gasteiger partial charge in [0.1, 0.15) is 6.61 Å². The molecule has 0 saturated heterocycles. The lowest BCUT2D eigenvalue weighted by atomic mass is 10.3. The van der Waals surface area contributed by atoms with E-state index in [2.05, 4.69) is 20.9 Å². The Morgan fingerprint density at radius 3 is 3.09 bits per heavy atom. The van der Waals surface area contributed by atoms with Crippen LogP contribution < -0.4 is 0 Å². The highest BCUT2D eigenvalue weighted by Gasteiger charge is 2.10. The van der Waals surface area contributed by atoms with Gasteiger partial charge in [0.2, 0.25) is 5.90 Å².